The van der Waals surface area contributed by atoms with Crippen LogP contribution in [0.25, 0.3) is 11.3 Å². The molecule has 0 saturated carbocycles. The fourth-order valence-corrected chi connectivity index (χ4v) is 3.89. The predicted octanol–water partition coefficient (Wildman–Crippen LogP) is 2.44. The van der Waals surface area contributed by atoms with Crippen molar-refractivity contribution in [1.82, 2.24) is 15.3 Å². The molecule has 5 rings (SSSR count). The largest absolute Gasteiger partial charge is 0.389 e. The van der Waals surface area contributed by atoms with Gasteiger partial charge in [0.25, 0.3) is 5.91 Å². The lowest BCUT2D eigenvalue weighted by atomic mass is 9.98. The molecule has 2 aliphatic heterocycles. The quantitative estimate of drug-likeness (QED) is 0.693. The molecule has 1 amide bonds. The Morgan fingerprint density at radius 3 is 2.57 bits per heavy atom. The molecule has 2 aromatic heterocycles. The van der Waals surface area contributed by atoms with Crippen LogP contribution in [0.4, 0.5) is 14.5 Å². The highest BCUT2D eigenvalue weighted by atomic mass is 19.1. The molecule has 2 aliphatic rings. The molecule has 4 heterocycles. The van der Waals surface area contributed by atoms with Crippen LogP contribution in [-0.2, 0) is 13.0 Å². The fourth-order valence-electron chi connectivity index (χ4n) is 3.89. The van der Waals surface area contributed by atoms with Crippen LogP contribution in [-0.4, -0.2) is 40.2 Å². The molecule has 3 aromatic rings. The SMILES string of the molecule is O=C1NCc2nc(-c3c(F)cccc3F)cc(Cc3ccc(N4CC(O)C4)cn3)c21. The van der Waals surface area contributed by atoms with E-state index in [1.54, 1.807) is 12.3 Å². The minimum absolute atomic E-state index is 0.155. The molecule has 0 bridgehead atoms. The summed E-state index contributed by atoms with van der Waals surface area (Å²) in [4.78, 5) is 23.2. The van der Waals surface area contributed by atoms with Gasteiger partial charge >= 0.3 is 0 Å². The maximum Gasteiger partial charge on any atom is 0.253 e. The van der Waals surface area contributed by atoms with Gasteiger partial charge < -0.3 is 15.3 Å². The minimum atomic E-state index is -0.704. The van der Waals surface area contributed by atoms with Gasteiger partial charge in [-0.25, -0.2) is 13.8 Å². The fraction of sp³-hybridized carbons (Fsp3) is 0.227. The lowest BCUT2D eigenvalue weighted by Crippen LogP contribution is -2.50. The number of rotatable bonds is 4. The number of nitrogens with zero attached hydrogens (tertiary/aromatic N) is 3. The standard InChI is InChI=1S/C22H18F2N4O2/c23-16-2-1-3-17(24)21(16)18-7-12(20-19(27-18)9-26-22(20)30)6-13-4-5-14(8-25-13)28-10-15(29)11-28/h1-5,7-8,15,29H,6,9-11H2,(H,26,30). The van der Waals surface area contributed by atoms with E-state index < -0.39 is 11.6 Å². The number of nitrogens with one attached hydrogen (secondary N) is 1. The Bertz CT molecular complexity index is 1120. The number of aliphatic hydroxyl groups is 1. The Balaban J connectivity index is 1.51. The number of hydrogen-bond donors (Lipinski definition) is 2. The number of aliphatic hydroxyl groups excluding tert-OH is 1. The van der Waals surface area contributed by atoms with Crippen LogP contribution >= 0.6 is 0 Å². The molecule has 0 aliphatic carbocycles. The van der Waals surface area contributed by atoms with E-state index in [1.165, 1.54) is 18.2 Å². The molecule has 2 N–H and O–H groups in total. The van der Waals surface area contributed by atoms with Gasteiger partial charge in [0.2, 0.25) is 0 Å². The zero-order valence-corrected chi connectivity index (χ0v) is 15.9. The van der Waals surface area contributed by atoms with Gasteiger partial charge in [0.05, 0.1) is 47.0 Å². The number of aromatic nitrogens is 2. The molecule has 0 unspecified atom stereocenters. The zero-order valence-electron chi connectivity index (χ0n) is 15.9. The van der Waals surface area contributed by atoms with E-state index in [4.69, 9.17) is 0 Å². The van der Waals surface area contributed by atoms with Crippen molar-refractivity contribution in [2.24, 2.45) is 0 Å². The van der Waals surface area contributed by atoms with Crippen LogP contribution in [0.15, 0.2) is 42.6 Å². The van der Waals surface area contributed by atoms with E-state index in [2.05, 4.69) is 15.3 Å². The number of carbonyl (C=O) groups is 1. The first-order chi connectivity index (χ1) is 14.5. The van der Waals surface area contributed by atoms with Gasteiger partial charge in [0.1, 0.15) is 11.6 Å². The molecule has 1 fully saturated rings. The molecular weight excluding hydrogens is 390 g/mol. The highest BCUT2D eigenvalue weighted by molar-refractivity contribution is 5.99. The van der Waals surface area contributed by atoms with Crippen LogP contribution in [0.1, 0.15) is 27.3 Å². The Morgan fingerprint density at radius 2 is 1.90 bits per heavy atom. The minimum Gasteiger partial charge on any atom is -0.389 e. The molecule has 1 saturated heterocycles. The third-order valence-electron chi connectivity index (χ3n) is 5.45. The second kappa shape index (κ2) is 7.14. The number of anilines is 1. The summed E-state index contributed by atoms with van der Waals surface area (Å²) < 4.78 is 28.6. The maximum absolute atomic E-state index is 14.3. The Hall–Kier alpha value is -3.39. The molecule has 8 heteroatoms. The molecule has 6 nitrogen and oxygen atoms in total. The summed E-state index contributed by atoms with van der Waals surface area (Å²) >= 11 is 0. The highest BCUT2D eigenvalue weighted by Crippen LogP contribution is 2.30. The van der Waals surface area contributed by atoms with Gasteiger partial charge in [-0.15, -0.1) is 0 Å². The van der Waals surface area contributed by atoms with Crippen LogP contribution < -0.4 is 10.2 Å². The summed E-state index contributed by atoms with van der Waals surface area (Å²) in [5.41, 5.74) is 3.10. The number of pyridine rings is 2. The van der Waals surface area contributed by atoms with E-state index in [-0.39, 0.29) is 29.8 Å². The third-order valence-corrected chi connectivity index (χ3v) is 5.45. The number of fused-ring (bicyclic) bond motifs is 1. The summed E-state index contributed by atoms with van der Waals surface area (Å²) in [5.74, 6) is -1.66. The number of carbonyl (C=O) groups excluding carboxylic acids is 1. The lowest BCUT2D eigenvalue weighted by Gasteiger charge is -2.37. The van der Waals surface area contributed by atoms with Crippen LogP contribution in [0.3, 0.4) is 0 Å². The van der Waals surface area contributed by atoms with Crippen molar-refractivity contribution in [3.8, 4) is 11.3 Å². The molecule has 1 aromatic carbocycles. The van der Waals surface area contributed by atoms with Crippen molar-refractivity contribution in [3.63, 3.8) is 0 Å². The first-order valence-corrected chi connectivity index (χ1v) is 9.63. The second-order valence-corrected chi connectivity index (χ2v) is 7.51. The second-order valence-electron chi connectivity index (χ2n) is 7.51. The van der Waals surface area contributed by atoms with E-state index in [0.717, 1.165) is 5.69 Å². The Labute approximate surface area is 171 Å². The number of halogens is 2. The summed E-state index contributed by atoms with van der Waals surface area (Å²) in [6.45, 7) is 1.38. The molecule has 30 heavy (non-hydrogen) atoms. The van der Waals surface area contributed by atoms with Gasteiger partial charge in [-0.05, 0) is 35.9 Å². The molecule has 152 valence electrons. The molecule has 0 atom stereocenters. The first kappa shape index (κ1) is 18.6. The molecule has 0 radical (unpaired) electrons. The van der Waals surface area contributed by atoms with Gasteiger partial charge in [-0.1, -0.05) is 6.07 Å². The van der Waals surface area contributed by atoms with Crippen molar-refractivity contribution in [3.05, 3.63) is 76.7 Å². The number of amides is 1. The van der Waals surface area contributed by atoms with Crippen molar-refractivity contribution < 1.29 is 18.7 Å². The summed E-state index contributed by atoms with van der Waals surface area (Å²) in [6.07, 6.45) is 1.74. The van der Waals surface area contributed by atoms with Gasteiger partial charge in [0, 0.05) is 25.2 Å². The monoisotopic (exact) mass is 408 g/mol. The first-order valence-electron chi connectivity index (χ1n) is 9.63. The Morgan fingerprint density at radius 1 is 1.13 bits per heavy atom. The zero-order chi connectivity index (χ0) is 20.8. The van der Waals surface area contributed by atoms with Crippen LogP contribution in [0.5, 0.6) is 0 Å². The van der Waals surface area contributed by atoms with Crippen molar-refractivity contribution in [1.29, 1.82) is 0 Å². The number of benzene rings is 1. The van der Waals surface area contributed by atoms with Crippen LogP contribution in [0.2, 0.25) is 0 Å². The predicted molar refractivity (Wildman–Crippen MR) is 106 cm³/mol. The topological polar surface area (TPSA) is 78.4 Å². The highest BCUT2D eigenvalue weighted by Gasteiger charge is 2.27. The van der Waals surface area contributed by atoms with Crippen molar-refractivity contribution in [2.75, 3.05) is 18.0 Å². The van der Waals surface area contributed by atoms with Crippen molar-refractivity contribution >= 4 is 11.6 Å². The summed E-state index contributed by atoms with van der Waals surface area (Å²) in [7, 11) is 0. The number of β-amino-alcohol motifs (C(OH)–C–C–N with tert-alkyl or cyclic N) is 1. The molecular formula is C22H18F2N4O2. The third kappa shape index (κ3) is 3.19. The molecule has 0 spiro atoms. The average molecular weight is 408 g/mol. The van der Waals surface area contributed by atoms with Gasteiger partial charge in [-0.2, -0.15) is 0 Å². The van der Waals surface area contributed by atoms with E-state index in [9.17, 15) is 18.7 Å². The lowest BCUT2D eigenvalue weighted by molar-refractivity contribution is 0.0965. The van der Waals surface area contributed by atoms with E-state index in [0.29, 0.717) is 42.0 Å². The number of hydrogen-bond acceptors (Lipinski definition) is 5. The Kier molecular flexibility index (Phi) is 4.43. The summed E-state index contributed by atoms with van der Waals surface area (Å²) in [6, 6.07) is 8.99. The van der Waals surface area contributed by atoms with Crippen LogP contribution in [0, 0.1) is 11.6 Å². The normalized spacial score (nSPS) is 15.7. The summed E-state index contributed by atoms with van der Waals surface area (Å²) in [5, 5.41) is 12.2. The van der Waals surface area contributed by atoms with E-state index >= 15 is 0 Å². The van der Waals surface area contributed by atoms with Gasteiger partial charge in [-0.3, -0.25) is 9.78 Å². The van der Waals surface area contributed by atoms with Crippen molar-refractivity contribution in [2.45, 2.75) is 19.1 Å². The smallest absolute Gasteiger partial charge is 0.253 e. The van der Waals surface area contributed by atoms with Gasteiger partial charge in [0.15, 0.2) is 0 Å². The maximum atomic E-state index is 14.3. The van der Waals surface area contributed by atoms with E-state index in [1.807, 2.05) is 17.0 Å². The average Bonchev–Trinajstić information content (AvgIpc) is 3.07.